The molecule has 0 unspecified atom stereocenters. The smallest absolute Gasteiger partial charge is 0.357 e. The number of nitrogen functional groups attached to an aromatic ring is 1. The number of fused-ring (bicyclic) bond motifs is 1. The maximum atomic E-state index is 13.8. The van der Waals surface area contributed by atoms with Gasteiger partial charge in [-0.25, -0.2) is 9.18 Å². The number of benzene rings is 2. The van der Waals surface area contributed by atoms with E-state index in [0.717, 1.165) is 0 Å². The van der Waals surface area contributed by atoms with E-state index in [2.05, 4.69) is 0 Å². The van der Waals surface area contributed by atoms with Crippen molar-refractivity contribution >= 4 is 34.2 Å². The van der Waals surface area contributed by atoms with Crippen LogP contribution in [0.2, 0.25) is 5.02 Å². The molecule has 1 heterocycles. The molecular weight excluding hydrogens is 319 g/mol. The second kappa shape index (κ2) is 5.93. The van der Waals surface area contributed by atoms with Gasteiger partial charge in [0.05, 0.1) is 22.8 Å². The molecule has 0 fully saturated rings. The first-order valence-corrected chi connectivity index (χ1v) is 7.43. The molecule has 0 aliphatic rings. The number of hydrogen-bond acceptors (Lipinski definition) is 3. The van der Waals surface area contributed by atoms with Crippen LogP contribution in [-0.4, -0.2) is 17.1 Å². The fourth-order valence-electron chi connectivity index (χ4n) is 2.55. The first-order chi connectivity index (χ1) is 11.0. The monoisotopic (exact) mass is 332 g/mol. The van der Waals surface area contributed by atoms with Crippen LogP contribution in [0.1, 0.15) is 17.4 Å². The molecule has 118 valence electrons. The van der Waals surface area contributed by atoms with Gasteiger partial charge in [-0.3, -0.25) is 0 Å². The summed E-state index contributed by atoms with van der Waals surface area (Å²) in [5.74, 6) is -1.16. The molecule has 2 N–H and O–H groups in total. The number of carbonyl (C=O) groups excluding carboxylic acids is 1. The molecule has 0 bridgehead atoms. The van der Waals surface area contributed by atoms with Crippen LogP contribution in [0, 0.1) is 5.82 Å². The van der Waals surface area contributed by atoms with Gasteiger partial charge in [0, 0.05) is 11.1 Å². The SMILES string of the molecule is CCOC(=O)c1c(N)c2cc(F)c(Cl)cc2n1-c1ccccc1. The number of esters is 1. The molecule has 23 heavy (non-hydrogen) atoms. The normalized spacial score (nSPS) is 10.9. The van der Waals surface area contributed by atoms with Crippen LogP contribution in [0.5, 0.6) is 0 Å². The molecule has 0 spiro atoms. The second-order valence-corrected chi connectivity index (χ2v) is 5.34. The Labute approximate surface area is 137 Å². The van der Waals surface area contributed by atoms with Gasteiger partial charge < -0.3 is 15.0 Å². The van der Waals surface area contributed by atoms with Crippen molar-refractivity contribution < 1.29 is 13.9 Å². The summed E-state index contributed by atoms with van der Waals surface area (Å²) in [6.07, 6.45) is 0. The first-order valence-electron chi connectivity index (χ1n) is 7.06. The maximum absolute atomic E-state index is 13.8. The lowest BCUT2D eigenvalue weighted by atomic mass is 10.2. The number of nitrogens with zero attached hydrogens (tertiary/aromatic N) is 1. The van der Waals surface area contributed by atoms with Crippen molar-refractivity contribution in [1.29, 1.82) is 0 Å². The predicted molar refractivity (Wildman–Crippen MR) is 88.6 cm³/mol. The van der Waals surface area contributed by atoms with E-state index in [4.69, 9.17) is 22.1 Å². The quantitative estimate of drug-likeness (QED) is 0.732. The summed E-state index contributed by atoms with van der Waals surface area (Å²) in [4.78, 5) is 12.3. The average Bonchev–Trinajstić information content (AvgIpc) is 2.82. The summed E-state index contributed by atoms with van der Waals surface area (Å²) in [6.45, 7) is 1.92. The van der Waals surface area contributed by atoms with Crippen LogP contribution < -0.4 is 5.73 Å². The lowest BCUT2D eigenvalue weighted by molar-refractivity contribution is 0.0519. The van der Waals surface area contributed by atoms with Gasteiger partial charge in [0.1, 0.15) is 5.82 Å². The summed E-state index contributed by atoms with van der Waals surface area (Å²) >= 11 is 5.90. The highest BCUT2D eigenvalue weighted by Crippen LogP contribution is 2.35. The van der Waals surface area contributed by atoms with Gasteiger partial charge in [-0.15, -0.1) is 0 Å². The van der Waals surface area contributed by atoms with E-state index in [1.165, 1.54) is 12.1 Å². The minimum Gasteiger partial charge on any atom is -0.461 e. The molecule has 6 heteroatoms. The lowest BCUT2D eigenvalue weighted by Crippen LogP contribution is -2.13. The number of carbonyl (C=O) groups is 1. The molecular formula is C17H14ClFN2O2. The van der Waals surface area contributed by atoms with Gasteiger partial charge in [-0.2, -0.15) is 0 Å². The standard InChI is InChI=1S/C17H14ClFN2O2/c1-2-23-17(22)16-15(20)11-8-13(19)12(18)9-14(11)21(16)10-6-4-3-5-7-10/h3-9H,2,20H2,1H3. The third-order valence-electron chi connectivity index (χ3n) is 3.53. The molecule has 3 rings (SSSR count). The van der Waals surface area contributed by atoms with Crippen LogP contribution in [0.25, 0.3) is 16.6 Å². The van der Waals surface area contributed by atoms with Gasteiger partial charge in [-0.1, -0.05) is 29.8 Å². The number of halogens is 2. The fourth-order valence-corrected chi connectivity index (χ4v) is 2.71. The van der Waals surface area contributed by atoms with Crippen molar-refractivity contribution in [2.45, 2.75) is 6.92 Å². The Morgan fingerprint density at radius 2 is 2.00 bits per heavy atom. The molecule has 0 radical (unpaired) electrons. The van der Waals surface area contributed by atoms with E-state index in [0.29, 0.717) is 16.6 Å². The Balaban J connectivity index is 2.40. The number of rotatable bonds is 3. The Morgan fingerprint density at radius 1 is 1.30 bits per heavy atom. The Hall–Kier alpha value is -2.53. The summed E-state index contributed by atoms with van der Waals surface area (Å²) in [7, 11) is 0. The summed E-state index contributed by atoms with van der Waals surface area (Å²) < 4.78 is 20.5. The molecule has 0 aliphatic carbocycles. The third-order valence-corrected chi connectivity index (χ3v) is 3.82. The van der Waals surface area contributed by atoms with Gasteiger partial charge in [0.2, 0.25) is 0 Å². The minimum absolute atomic E-state index is 0.0393. The van der Waals surface area contributed by atoms with Gasteiger partial charge in [-0.05, 0) is 31.2 Å². The van der Waals surface area contributed by atoms with Crippen molar-refractivity contribution in [2.24, 2.45) is 0 Å². The second-order valence-electron chi connectivity index (χ2n) is 4.94. The van der Waals surface area contributed by atoms with Crippen molar-refractivity contribution in [3.05, 3.63) is 59.0 Å². The summed E-state index contributed by atoms with van der Waals surface area (Å²) in [5, 5.41) is 0.376. The zero-order chi connectivity index (χ0) is 16.6. The molecule has 0 saturated carbocycles. The van der Waals surface area contributed by atoms with Gasteiger partial charge in [0.15, 0.2) is 5.69 Å². The highest BCUT2D eigenvalue weighted by molar-refractivity contribution is 6.31. The first kappa shape index (κ1) is 15.4. The van der Waals surface area contributed by atoms with Crippen LogP contribution in [0.3, 0.4) is 0 Å². The molecule has 1 aromatic heterocycles. The van der Waals surface area contributed by atoms with Gasteiger partial charge >= 0.3 is 5.97 Å². The molecule has 0 amide bonds. The van der Waals surface area contributed by atoms with Gasteiger partial charge in [0.25, 0.3) is 0 Å². The number of ether oxygens (including phenoxy) is 1. The summed E-state index contributed by atoms with van der Waals surface area (Å²) in [5.41, 5.74) is 7.68. The topological polar surface area (TPSA) is 57.2 Å². The molecule has 3 aromatic rings. The maximum Gasteiger partial charge on any atom is 0.357 e. The van der Waals surface area contributed by atoms with Crippen molar-refractivity contribution in [3.63, 3.8) is 0 Å². The van der Waals surface area contributed by atoms with E-state index in [9.17, 15) is 9.18 Å². The van der Waals surface area contributed by atoms with E-state index in [-0.39, 0.29) is 23.0 Å². The van der Waals surface area contributed by atoms with Crippen LogP contribution in [0.15, 0.2) is 42.5 Å². The summed E-state index contributed by atoms with van der Waals surface area (Å²) in [6, 6.07) is 11.8. The Bertz CT molecular complexity index is 891. The van der Waals surface area contributed by atoms with E-state index < -0.39 is 11.8 Å². The zero-order valence-electron chi connectivity index (χ0n) is 12.3. The minimum atomic E-state index is -0.591. The van der Waals surface area contributed by atoms with E-state index in [1.807, 2.05) is 30.3 Å². The molecule has 0 aliphatic heterocycles. The van der Waals surface area contributed by atoms with Crippen LogP contribution >= 0.6 is 11.6 Å². The molecule has 0 atom stereocenters. The predicted octanol–water partition coefficient (Wildman–Crippen LogP) is 4.18. The molecule has 4 nitrogen and oxygen atoms in total. The Kier molecular flexibility index (Phi) is 3.96. The average molecular weight is 333 g/mol. The number of aromatic nitrogens is 1. The fraction of sp³-hybridized carbons (Fsp3) is 0.118. The largest absolute Gasteiger partial charge is 0.461 e. The number of anilines is 1. The van der Waals surface area contributed by atoms with E-state index in [1.54, 1.807) is 11.5 Å². The van der Waals surface area contributed by atoms with E-state index >= 15 is 0 Å². The zero-order valence-corrected chi connectivity index (χ0v) is 13.1. The number of hydrogen-bond donors (Lipinski definition) is 1. The van der Waals surface area contributed by atoms with Crippen molar-refractivity contribution in [3.8, 4) is 5.69 Å². The van der Waals surface area contributed by atoms with Crippen molar-refractivity contribution in [2.75, 3.05) is 12.3 Å². The number of nitrogens with two attached hydrogens (primary N) is 1. The highest BCUT2D eigenvalue weighted by atomic mass is 35.5. The lowest BCUT2D eigenvalue weighted by Gasteiger charge is -2.10. The Morgan fingerprint density at radius 3 is 2.65 bits per heavy atom. The van der Waals surface area contributed by atoms with Crippen LogP contribution in [0.4, 0.5) is 10.1 Å². The molecule has 2 aromatic carbocycles. The highest BCUT2D eigenvalue weighted by Gasteiger charge is 2.24. The third kappa shape index (κ3) is 2.53. The van der Waals surface area contributed by atoms with Crippen LogP contribution in [-0.2, 0) is 4.74 Å². The van der Waals surface area contributed by atoms with Crippen molar-refractivity contribution in [1.82, 2.24) is 4.57 Å². The number of para-hydroxylation sites is 1. The molecule has 0 saturated heterocycles.